The predicted molar refractivity (Wildman–Crippen MR) is 153 cm³/mol. The first-order chi connectivity index (χ1) is 20.1. The molecule has 1 aromatic heterocycles. The van der Waals surface area contributed by atoms with E-state index in [1.54, 1.807) is 72.1 Å². The lowest BCUT2D eigenvalue weighted by molar-refractivity contribution is -0.140. The quantitative estimate of drug-likeness (QED) is 0.240. The van der Waals surface area contributed by atoms with E-state index in [4.69, 9.17) is 4.98 Å². The number of hydrogen-bond donors (Lipinski definition) is 0. The molecule has 0 bridgehead atoms. The molecule has 1 aliphatic rings. The number of alkyl halides is 3. The summed E-state index contributed by atoms with van der Waals surface area (Å²) in [6.45, 7) is 1.75. The second-order valence-electron chi connectivity index (χ2n) is 10.1. The van der Waals surface area contributed by atoms with Gasteiger partial charge in [-0.2, -0.15) is 30.2 Å². The Labute approximate surface area is 243 Å². The number of amides is 1. The number of carbonyl (C=O) groups excluding carboxylic acids is 1. The summed E-state index contributed by atoms with van der Waals surface area (Å²) < 4.78 is 55.5. The number of nitrogens with zero attached hydrogens (tertiary/aromatic N) is 4. The van der Waals surface area contributed by atoms with E-state index in [0.29, 0.717) is 41.1 Å². The van der Waals surface area contributed by atoms with Crippen LogP contribution in [0.2, 0.25) is 0 Å². The van der Waals surface area contributed by atoms with Crippen LogP contribution in [0.1, 0.15) is 48.3 Å². The summed E-state index contributed by atoms with van der Waals surface area (Å²) in [6.07, 6.45) is -3.96. The number of carbonyl (C=O) groups is 1. The molecule has 4 aromatic rings. The minimum absolute atomic E-state index is 0.0343. The van der Waals surface area contributed by atoms with Gasteiger partial charge >= 0.3 is 6.18 Å². The van der Waals surface area contributed by atoms with Gasteiger partial charge in [0.1, 0.15) is 11.6 Å². The Morgan fingerprint density at radius 3 is 2.48 bits per heavy atom. The van der Waals surface area contributed by atoms with Gasteiger partial charge < -0.3 is 4.90 Å². The molecule has 1 atom stereocenters. The maximum atomic E-state index is 13.9. The van der Waals surface area contributed by atoms with E-state index in [9.17, 15) is 32.4 Å². The maximum Gasteiger partial charge on any atom is 0.419 e. The number of aromatic nitrogens is 2. The van der Waals surface area contributed by atoms with Crippen molar-refractivity contribution in [1.82, 2.24) is 14.5 Å². The van der Waals surface area contributed by atoms with E-state index in [-0.39, 0.29) is 29.4 Å². The molecule has 0 spiro atoms. The zero-order valence-corrected chi connectivity index (χ0v) is 23.4. The average molecular weight is 595 g/mol. The van der Waals surface area contributed by atoms with Gasteiger partial charge in [-0.05, 0) is 85.4 Å². The predicted octanol–water partition coefficient (Wildman–Crippen LogP) is 6.44. The number of thioether (sulfide) groups is 1. The van der Waals surface area contributed by atoms with Gasteiger partial charge in [-0.15, -0.1) is 0 Å². The van der Waals surface area contributed by atoms with Crippen molar-refractivity contribution in [2.75, 3.05) is 11.5 Å². The van der Waals surface area contributed by atoms with E-state index in [1.165, 1.54) is 10.6 Å². The molecule has 5 rings (SSSR count). The van der Waals surface area contributed by atoms with E-state index in [1.807, 2.05) is 0 Å². The number of nitriles is 1. The molecular formula is C31H26F4N4O2S. The first-order valence-corrected chi connectivity index (χ1v) is 14.5. The van der Waals surface area contributed by atoms with Crippen molar-refractivity contribution < 1.29 is 22.4 Å². The van der Waals surface area contributed by atoms with E-state index >= 15 is 0 Å². The standard InChI is InChI=1S/C31H26F4N4O2S/c1-19(29-37-27-5-3-2-4-24(27)30(41)39(29)22-9-6-20(18-36)7-10-22)38(23-12-14-42-15-13-23)28(40)17-21-8-11-26(32)25(16-21)31(33,34)35/h2-11,16,19,23H,12-15,17H2,1H3/t19-/m1/s1. The van der Waals surface area contributed by atoms with Crippen molar-refractivity contribution in [1.29, 1.82) is 5.26 Å². The van der Waals surface area contributed by atoms with Crippen LogP contribution >= 0.6 is 11.8 Å². The van der Waals surface area contributed by atoms with Crippen LogP contribution in [0.4, 0.5) is 17.6 Å². The Balaban J connectivity index is 1.62. The lowest BCUT2D eigenvalue weighted by Gasteiger charge is -2.39. The fourth-order valence-electron chi connectivity index (χ4n) is 5.35. The molecule has 216 valence electrons. The summed E-state index contributed by atoms with van der Waals surface area (Å²) in [6, 6.07) is 16.9. The highest BCUT2D eigenvalue weighted by atomic mass is 32.2. The van der Waals surface area contributed by atoms with Crippen molar-refractivity contribution >= 4 is 28.6 Å². The summed E-state index contributed by atoms with van der Waals surface area (Å²) in [5, 5.41) is 9.62. The Hall–Kier alpha value is -4.17. The van der Waals surface area contributed by atoms with Crippen molar-refractivity contribution in [3.8, 4) is 11.8 Å². The van der Waals surface area contributed by atoms with Crippen LogP contribution < -0.4 is 5.56 Å². The van der Waals surface area contributed by atoms with Gasteiger partial charge in [0.15, 0.2) is 0 Å². The Kier molecular flexibility index (Phi) is 8.36. The monoisotopic (exact) mass is 594 g/mol. The highest BCUT2D eigenvalue weighted by Crippen LogP contribution is 2.34. The van der Waals surface area contributed by atoms with Crippen LogP contribution in [0, 0.1) is 17.1 Å². The van der Waals surface area contributed by atoms with Crippen molar-refractivity contribution in [3.05, 3.63) is 105 Å². The molecule has 1 amide bonds. The zero-order valence-electron chi connectivity index (χ0n) is 22.6. The number of hydrogen-bond acceptors (Lipinski definition) is 5. The molecule has 42 heavy (non-hydrogen) atoms. The van der Waals surface area contributed by atoms with E-state index in [2.05, 4.69) is 6.07 Å². The van der Waals surface area contributed by atoms with Gasteiger partial charge in [-0.1, -0.05) is 18.2 Å². The Bertz CT molecular complexity index is 1720. The summed E-state index contributed by atoms with van der Waals surface area (Å²) in [5.41, 5.74) is -0.441. The number of rotatable bonds is 6. The van der Waals surface area contributed by atoms with Crippen LogP contribution in [0.25, 0.3) is 16.6 Å². The molecule has 1 saturated heterocycles. The molecule has 0 aliphatic carbocycles. The molecule has 11 heteroatoms. The summed E-state index contributed by atoms with van der Waals surface area (Å²) in [4.78, 5) is 34.2. The van der Waals surface area contributed by atoms with Crippen molar-refractivity contribution in [3.63, 3.8) is 0 Å². The second-order valence-corrected chi connectivity index (χ2v) is 11.3. The van der Waals surface area contributed by atoms with Crippen LogP contribution in [-0.2, 0) is 17.4 Å². The number of para-hydroxylation sites is 1. The summed E-state index contributed by atoms with van der Waals surface area (Å²) >= 11 is 1.75. The largest absolute Gasteiger partial charge is 0.419 e. The summed E-state index contributed by atoms with van der Waals surface area (Å²) in [5.74, 6) is 0.0190. The summed E-state index contributed by atoms with van der Waals surface area (Å²) in [7, 11) is 0. The zero-order chi connectivity index (χ0) is 30.0. The topological polar surface area (TPSA) is 79.0 Å². The van der Waals surface area contributed by atoms with Crippen molar-refractivity contribution in [2.24, 2.45) is 0 Å². The van der Waals surface area contributed by atoms with E-state index in [0.717, 1.165) is 17.6 Å². The SMILES string of the molecule is C[C@H](c1nc2ccccc2c(=O)n1-c1ccc(C#N)cc1)N(C(=O)Cc1ccc(F)c(C(F)(F)F)c1)C1CCSCC1. The van der Waals surface area contributed by atoms with Crippen LogP contribution in [0.5, 0.6) is 0 Å². The Morgan fingerprint density at radius 1 is 1.12 bits per heavy atom. The fraction of sp³-hybridized carbons (Fsp3) is 0.290. The fourth-order valence-corrected chi connectivity index (χ4v) is 6.44. The molecule has 0 unspecified atom stereocenters. The van der Waals surface area contributed by atoms with Crippen molar-refractivity contribution in [2.45, 2.75) is 44.4 Å². The van der Waals surface area contributed by atoms with E-state index < -0.39 is 29.5 Å². The molecule has 1 aliphatic heterocycles. The first kappa shape index (κ1) is 29.3. The maximum absolute atomic E-state index is 13.9. The highest BCUT2D eigenvalue weighted by Gasteiger charge is 2.36. The molecule has 6 nitrogen and oxygen atoms in total. The lowest BCUT2D eigenvalue weighted by atomic mass is 10.0. The first-order valence-electron chi connectivity index (χ1n) is 13.3. The average Bonchev–Trinajstić information content (AvgIpc) is 2.98. The van der Waals surface area contributed by atoms with Gasteiger partial charge in [0.2, 0.25) is 5.91 Å². The molecule has 1 fully saturated rings. The van der Waals surface area contributed by atoms with Crippen LogP contribution in [0.15, 0.2) is 71.5 Å². The lowest BCUT2D eigenvalue weighted by Crippen LogP contribution is -2.46. The van der Waals surface area contributed by atoms with Crippen LogP contribution in [0.3, 0.4) is 0 Å². The number of fused-ring (bicyclic) bond motifs is 1. The molecular weight excluding hydrogens is 568 g/mol. The van der Waals surface area contributed by atoms with Gasteiger partial charge in [0.25, 0.3) is 5.56 Å². The third kappa shape index (κ3) is 5.90. The highest BCUT2D eigenvalue weighted by molar-refractivity contribution is 7.99. The molecule has 0 radical (unpaired) electrons. The van der Waals surface area contributed by atoms with Gasteiger partial charge in [0.05, 0.1) is 46.2 Å². The third-order valence-electron chi connectivity index (χ3n) is 7.41. The number of halogens is 4. The third-order valence-corrected chi connectivity index (χ3v) is 8.46. The number of benzene rings is 3. The molecule has 3 aromatic carbocycles. The van der Waals surface area contributed by atoms with Gasteiger partial charge in [-0.3, -0.25) is 14.2 Å². The molecule has 0 saturated carbocycles. The van der Waals surface area contributed by atoms with Gasteiger partial charge in [0, 0.05) is 6.04 Å². The normalized spacial score (nSPS) is 14.9. The molecule has 0 N–H and O–H groups in total. The second kappa shape index (κ2) is 12.0. The van der Waals surface area contributed by atoms with Crippen LogP contribution in [-0.4, -0.2) is 37.9 Å². The van der Waals surface area contributed by atoms with Gasteiger partial charge in [-0.25, -0.2) is 9.37 Å². The Morgan fingerprint density at radius 2 is 1.81 bits per heavy atom. The minimum atomic E-state index is -4.90. The minimum Gasteiger partial charge on any atom is -0.329 e. The molecule has 2 heterocycles. The smallest absolute Gasteiger partial charge is 0.329 e.